The predicted molar refractivity (Wildman–Crippen MR) is 105 cm³/mol. The first-order valence-electron chi connectivity index (χ1n) is 9.54. The van der Waals surface area contributed by atoms with Gasteiger partial charge in [-0.05, 0) is 38.0 Å². The summed E-state index contributed by atoms with van der Waals surface area (Å²) in [5, 5.41) is 17.2. The lowest BCUT2D eigenvalue weighted by atomic mass is 10.1. The third-order valence-corrected chi connectivity index (χ3v) is 5.05. The number of nitriles is 1. The maximum Gasteiger partial charge on any atom is 0.256 e. The van der Waals surface area contributed by atoms with Gasteiger partial charge in [-0.1, -0.05) is 0 Å². The molecule has 1 saturated heterocycles. The van der Waals surface area contributed by atoms with E-state index in [2.05, 4.69) is 21.3 Å². The first kappa shape index (κ1) is 19.5. The van der Waals surface area contributed by atoms with E-state index in [1.54, 1.807) is 17.9 Å². The Morgan fingerprint density at radius 2 is 2.07 bits per heavy atom. The van der Waals surface area contributed by atoms with Crippen molar-refractivity contribution >= 4 is 5.91 Å². The highest BCUT2D eigenvalue weighted by atomic mass is 19.1. The first-order chi connectivity index (χ1) is 14.6. The Morgan fingerprint density at radius 1 is 1.27 bits per heavy atom. The average Bonchev–Trinajstić information content (AvgIpc) is 3.30. The molecule has 1 aliphatic heterocycles. The molecule has 1 aromatic carbocycles. The third kappa shape index (κ3) is 3.85. The Hall–Kier alpha value is -3.80. The number of carbonyl (C=O) groups is 1. The summed E-state index contributed by atoms with van der Waals surface area (Å²) in [6.45, 7) is 2.71. The Morgan fingerprint density at radius 3 is 2.83 bits per heavy atom. The Labute approximate surface area is 172 Å². The number of piperidine rings is 1. The highest BCUT2D eigenvalue weighted by Crippen LogP contribution is 2.24. The van der Waals surface area contributed by atoms with Crippen molar-refractivity contribution in [1.29, 1.82) is 5.26 Å². The van der Waals surface area contributed by atoms with Gasteiger partial charge in [-0.25, -0.2) is 9.37 Å². The zero-order valence-corrected chi connectivity index (χ0v) is 16.3. The normalized spacial score (nSPS) is 16.2. The number of hydrogen-bond acceptors (Lipinski definition) is 6. The van der Waals surface area contributed by atoms with Gasteiger partial charge in [0.05, 0.1) is 36.1 Å². The summed E-state index contributed by atoms with van der Waals surface area (Å²) < 4.78 is 19.8. The maximum absolute atomic E-state index is 13.8. The smallest absolute Gasteiger partial charge is 0.256 e. The molecule has 0 bridgehead atoms. The molecule has 1 amide bonds. The van der Waals surface area contributed by atoms with E-state index in [4.69, 9.17) is 4.74 Å². The number of halogens is 1. The van der Waals surface area contributed by atoms with Crippen LogP contribution in [-0.4, -0.2) is 50.0 Å². The zero-order valence-electron chi connectivity index (χ0n) is 16.3. The van der Waals surface area contributed by atoms with E-state index in [9.17, 15) is 14.4 Å². The fourth-order valence-corrected chi connectivity index (χ4v) is 3.49. The van der Waals surface area contributed by atoms with Crippen LogP contribution in [0.5, 0.6) is 5.88 Å². The second-order valence-electron chi connectivity index (χ2n) is 7.01. The number of nitrogens with zero attached hydrogens (tertiary/aromatic N) is 6. The number of benzene rings is 1. The number of rotatable bonds is 4. The molecule has 0 unspecified atom stereocenters. The molecule has 30 heavy (non-hydrogen) atoms. The van der Waals surface area contributed by atoms with E-state index in [1.807, 2.05) is 0 Å². The topological polar surface area (TPSA) is 96.9 Å². The molecule has 8 nitrogen and oxygen atoms in total. The minimum atomic E-state index is -0.474. The summed E-state index contributed by atoms with van der Waals surface area (Å²) in [7, 11) is 0. The first-order valence-corrected chi connectivity index (χ1v) is 9.54. The van der Waals surface area contributed by atoms with Crippen LogP contribution in [0.2, 0.25) is 0 Å². The van der Waals surface area contributed by atoms with Gasteiger partial charge in [0.15, 0.2) is 0 Å². The highest BCUT2D eigenvalue weighted by Gasteiger charge is 2.28. The highest BCUT2D eigenvalue weighted by molar-refractivity contribution is 5.97. The quantitative estimate of drug-likeness (QED) is 0.661. The number of hydrogen-bond donors (Lipinski definition) is 0. The van der Waals surface area contributed by atoms with Crippen LogP contribution in [0.4, 0.5) is 4.39 Å². The summed E-state index contributed by atoms with van der Waals surface area (Å²) in [5.41, 5.74) is 1.78. The van der Waals surface area contributed by atoms with Crippen LogP contribution < -0.4 is 4.74 Å². The van der Waals surface area contributed by atoms with Gasteiger partial charge in [-0.2, -0.15) is 20.3 Å². The van der Waals surface area contributed by atoms with Gasteiger partial charge < -0.3 is 9.64 Å². The van der Waals surface area contributed by atoms with Crippen LogP contribution in [0.3, 0.4) is 0 Å². The molecular weight excluding hydrogens is 387 g/mol. The molecule has 0 spiro atoms. The minimum Gasteiger partial charge on any atom is -0.472 e. The molecule has 3 heterocycles. The van der Waals surface area contributed by atoms with E-state index in [-0.39, 0.29) is 17.7 Å². The van der Waals surface area contributed by atoms with Gasteiger partial charge in [-0.3, -0.25) is 4.79 Å². The van der Waals surface area contributed by atoms with Gasteiger partial charge in [0.2, 0.25) is 5.88 Å². The van der Waals surface area contributed by atoms with Crippen LogP contribution >= 0.6 is 0 Å². The second-order valence-corrected chi connectivity index (χ2v) is 7.01. The lowest BCUT2D eigenvalue weighted by Gasteiger charge is -2.33. The number of amides is 1. The lowest BCUT2D eigenvalue weighted by molar-refractivity contribution is 0.0526. The lowest BCUT2D eigenvalue weighted by Crippen LogP contribution is -2.44. The average molecular weight is 406 g/mol. The zero-order chi connectivity index (χ0) is 21.1. The summed E-state index contributed by atoms with van der Waals surface area (Å²) in [6, 6.07) is 7.69. The number of pyridine rings is 1. The summed E-state index contributed by atoms with van der Waals surface area (Å²) >= 11 is 0. The molecule has 1 atom stereocenters. The van der Waals surface area contributed by atoms with Crippen molar-refractivity contribution in [2.75, 3.05) is 13.1 Å². The molecule has 2 aromatic heterocycles. The molecule has 9 heteroatoms. The van der Waals surface area contributed by atoms with E-state index in [0.717, 1.165) is 12.8 Å². The van der Waals surface area contributed by atoms with E-state index in [1.165, 1.54) is 41.6 Å². The molecule has 0 saturated carbocycles. The second kappa shape index (κ2) is 8.29. The molecule has 0 N–H and O–H groups in total. The molecule has 152 valence electrons. The maximum atomic E-state index is 13.8. The summed E-state index contributed by atoms with van der Waals surface area (Å²) in [6.07, 6.45) is 5.73. The van der Waals surface area contributed by atoms with Gasteiger partial charge in [0, 0.05) is 24.4 Å². The predicted octanol–water partition coefficient (Wildman–Crippen LogP) is 2.67. The molecule has 4 rings (SSSR count). The van der Waals surface area contributed by atoms with E-state index >= 15 is 0 Å². The van der Waals surface area contributed by atoms with Crippen molar-refractivity contribution < 1.29 is 13.9 Å². The fourth-order valence-electron chi connectivity index (χ4n) is 3.49. The van der Waals surface area contributed by atoms with Gasteiger partial charge in [0.1, 0.15) is 17.6 Å². The number of ether oxygens (including phenoxy) is 1. The number of likely N-dealkylation sites (tertiary alicyclic amines) is 1. The van der Waals surface area contributed by atoms with Crippen LogP contribution in [-0.2, 0) is 0 Å². The molecule has 1 fully saturated rings. The van der Waals surface area contributed by atoms with Crippen molar-refractivity contribution in [2.45, 2.75) is 25.9 Å². The monoisotopic (exact) mass is 406 g/mol. The van der Waals surface area contributed by atoms with Crippen molar-refractivity contribution in [3.63, 3.8) is 0 Å². The third-order valence-electron chi connectivity index (χ3n) is 5.05. The van der Waals surface area contributed by atoms with Crippen molar-refractivity contribution in [1.82, 2.24) is 24.9 Å². The summed E-state index contributed by atoms with van der Waals surface area (Å²) in [5.74, 6) is -0.319. The van der Waals surface area contributed by atoms with E-state index in [0.29, 0.717) is 35.7 Å². The van der Waals surface area contributed by atoms with Crippen LogP contribution in [0, 0.1) is 24.1 Å². The Balaban J connectivity index is 1.55. The van der Waals surface area contributed by atoms with Crippen LogP contribution in [0.15, 0.2) is 42.9 Å². The van der Waals surface area contributed by atoms with Crippen molar-refractivity contribution in [3.05, 3.63) is 65.4 Å². The SMILES string of the molecule is Cc1c(C#N)ccnc1O[C@@H]1CCCN(C(=O)c2ccc(F)cc2-n2nccn2)C1. The van der Waals surface area contributed by atoms with Gasteiger partial charge in [0.25, 0.3) is 5.91 Å². The summed E-state index contributed by atoms with van der Waals surface area (Å²) in [4.78, 5) is 20.4. The number of carbonyl (C=O) groups excluding carboxylic acids is 1. The minimum absolute atomic E-state index is 0.244. The standard InChI is InChI=1S/C21H19FN6O2/c1-14-15(12-23)6-7-24-20(14)30-17-3-2-10-27(13-17)21(29)18-5-4-16(22)11-19(18)28-25-8-9-26-28/h4-9,11,17H,2-3,10,13H2,1H3/t17-/m1/s1. The Bertz CT molecular complexity index is 1110. The molecule has 3 aromatic rings. The Kier molecular flexibility index (Phi) is 5.39. The van der Waals surface area contributed by atoms with E-state index < -0.39 is 5.82 Å². The molecule has 1 aliphatic rings. The largest absolute Gasteiger partial charge is 0.472 e. The van der Waals surface area contributed by atoms with Crippen LogP contribution in [0.25, 0.3) is 5.69 Å². The molecular formula is C21H19FN6O2. The fraction of sp³-hybridized carbons (Fsp3) is 0.286. The van der Waals surface area contributed by atoms with Crippen molar-refractivity contribution in [2.24, 2.45) is 0 Å². The number of aromatic nitrogens is 4. The van der Waals surface area contributed by atoms with Crippen LogP contribution in [0.1, 0.15) is 34.3 Å². The van der Waals surface area contributed by atoms with Gasteiger partial charge >= 0.3 is 0 Å². The van der Waals surface area contributed by atoms with Gasteiger partial charge in [-0.15, -0.1) is 0 Å². The van der Waals surface area contributed by atoms with Crippen molar-refractivity contribution in [3.8, 4) is 17.6 Å². The molecule has 0 aliphatic carbocycles. The molecule has 0 radical (unpaired) electrons.